The molecule has 2 fully saturated rings. The predicted molar refractivity (Wildman–Crippen MR) is 91.9 cm³/mol. The van der Waals surface area contributed by atoms with Crippen LogP contribution in [0.5, 0.6) is 0 Å². The van der Waals surface area contributed by atoms with Gasteiger partial charge in [0.25, 0.3) is 0 Å². The Morgan fingerprint density at radius 1 is 1.04 bits per heavy atom. The van der Waals surface area contributed by atoms with Gasteiger partial charge in [-0.25, -0.2) is 8.42 Å². The highest BCUT2D eigenvalue weighted by atomic mass is 35.5. The molecule has 2 amide bonds. The number of rotatable bonds is 4. The van der Waals surface area contributed by atoms with Gasteiger partial charge in [0.05, 0.1) is 23.3 Å². The molecule has 0 aromatic heterocycles. The normalized spacial score (nSPS) is 27.5. The summed E-state index contributed by atoms with van der Waals surface area (Å²) < 4.78 is 22.8. The molecule has 1 saturated heterocycles. The molecule has 1 aromatic carbocycles. The quantitative estimate of drug-likeness (QED) is 0.820. The Morgan fingerprint density at radius 2 is 1.67 bits per heavy atom. The molecule has 9 heteroatoms. The first-order valence-electron chi connectivity index (χ1n) is 7.51. The largest absolute Gasteiger partial charge is 0.352 e. The van der Waals surface area contributed by atoms with Crippen molar-refractivity contribution in [1.82, 2.24) is 5.32 Å². The SMILES string of the molecule is O=C(Nc1cc(Cl)cc(Cl)c1)C1CC1C(=O)NC1CCS(=O)(=O)C1. The van der Waals surface area contributed by atoms with Gasteiger partial charge < -0.3 is 10.6 Å². The van der Waals surface area contributed by atoms with Crippen molar-refractivity contribution in [3.63, 3.8) is 0 Å². The lowest BCUT2D eigenvalue weighted by Crippen LogP contribution is -2.37. The number of sulfone groups is 1. The van der Waals surface area contributed by atoms with Gasteiger partial charge in [-0.1, -0.05) is 23.2 Å². The Morgan fingerprint density at radius 3 is 2.25 bits per heavy atom. The van der Waals surface area contributed by atoms with Gasteiger partial charge in [0, 0.05) is 21.8 Å². The van der Waals surface area contributed by atoms with E-state index < -0.39 is 21.7 Å². The van der Waals surface area contributed by atoms with Crippen molar-refractivity contribution in [2.24, 2.45) is 11.8 Å². The molecule has 3 atom stereocenters. The monoisotopic (exact) mass is 390 g/mol. The molecule has 1 aliphatic carbocycles. The fourth-order valence-electron chi connectivity index (χ4n) is 2.85. The van der Waals surface area contributed by atoms with Crippen molar-refractivity contribution in [2.75, 3.05) is 16.8 Å². The molecule has 1 aliphatic heterocycles. The molecular weight excluding hydrogens is 375 g/mol. The summed E-state index contributed by atoms with van der Waals surface area (Å²) in [5.41, 5.74) is 0.477. The van der Waals surface area contributed by atoms with E-state index in [1.807, 2.05) is 0 Å². The van der Waals surface area contributed by atoms with Crippen LogP contribution in [0.15, 0.2) is 18.2 Å². The van der Waals surface area contributed by atoms with E-state index in [1.165, 1.54) is 0 Å². The molecule has 24 heavy (non-hydrogen) atoms. The third-order valence-corrected chi connectivity index (χ3v) is 6.38. The van der Waals surface area contributed by atoms with E-state index in [0.29, 0.717) is 28.6 Å². The Kier molecular flexibility index (Phi) is 4.77. The highest BCUT2D eigenvalue weighted by molar-refractivity contribution is 7.91. The number of carbonyl (C=O) groups excluding carboxylic acids is 2. The maximum absolute atomic E-state index is 12.2. The van der Waals surface area contributed by atoms with Crippen molar-refractivity contribution in [3.05, 3.63) is 28.2 Å². The average molecular weight is 391 g/mol. The second kappa shape index (κ2) is 6.54. The van der Waals surface area contributed by atoms with Gasteiger partial charge in [0.1, 0.15) is 0 Å². The lowest BCUT2D eigenvalue weighted by Gasteiger charge is -2.10. The minimum Gasteiger partial charge on any atom is -0.352 e. The summed E-state index contributed by atoms with van der Waals surface area (Å²) in [5, 5.41) is 6.23. The van der Waals surface area contributed by atoms with E-state index in [0.717, 1.165) is 0 Å². The van der Waals surface area contributed by atoms with E-state index in [4.69, 9.17) is 23.2 Å². The number of carbonyl (C=O) groups is 2. The van der Waals surface area contributed by atoms with Crippen LogP contribution in [0.4, 0.5) is 5.69 Å². The highest BCUT2D eigenvalue weighted by Crippen LogP contribution is 2.40. The first-order chi connectivity index (χ1) is 11.2. The van der Waals surface area contributed by atoms with E-state index >= 15 is 0 Å². The lowest BCUT2D eigenvalue weighted by molar-refractivity contribution is -0.125. The molecule has 2 aliphatic rings. The second-order valence-electron chi connectivity index (χ2n) is 6.20. The summed E-state index contributed by atoms with van der Waals surface area (Å²) in [5.74, 6) is -1.29. The number of amides is 2. The van der Waals surface area contributed by atoms with Crippen molar-refractivity contribution >= 4 is 50.5 Å². The fourth-order valence-corrected chi connectivity index (χ4v) is 5.05. The molecule has 0 bridgehead atoms. The molecule has 0 radical (unpaired) electrons. The first-order valence-corrected chi connectivity index (χ1v) is 10.1. The topological polar surface area (TPSA) is 92.3 Å². The number of anilines is 1. The summed E-state index contributed by atoms with van der Waals surface area (Å²) >= 11 is 11.8. The van der Waals surface area contributed by atoms with Crippen molar-refractivity contribution in [2.45, 2.75) is 18.9 Å². The Labute approximate surface area is 149 Å². The van der Waals surface area contributed by atoms with Gasteiger partial charge in [-0.05, 0) is 31.0 Å². The van der Waals surface area contributed by atoms with Crippen LogP contribution in [0.3, 0.4) is 0 Å². The number of hydrogen-bond acceptors (Lipinski definition) is 4. The summed E-state index contributed by atoms with van der Waals surface area (Å²) in [6.45, 7) is 0. The van der Waals surface area contributed by atoms with Crippen molar-refractivity contribution in [3.8, 4) is 0 Å². The van der Waals surface area contributed by atoms with Crippen LogP contribution < -0.4 is 10.6 Å². The summed E-state index contributed by atoms with van der Waals surface area (Å²) in [4.78, 5) is 24.3. The Balaban J connectivity index is 1.53. The van der Waals surface area contributed by atoms with Crippen molar-refractivity contribution < 1.29 is 18.0 Å². The van der Waals surface area contributed by atoms with Gasteiger partial charge >= 0.3 is 0 Å². The number of nitrogens with one attached hydrogen (secondary N) is 2. The van der Waals surface area contributed by atoms with Crippen molar-refractivity contribution in [1.29, 1.82) is 0 Å². The number of hydrogen-bond donors (Lipinski definition) is 2. The zero-order chi connectivity index (χ0) is 17.5. The van der Waals surface area contributed by atoms with Crippen LogP contribution in [0.25, 0.3) is 0 Å². The molecule has 1 heterocycles. The van der Waals surface area contributed by atoms with Gasteiger partial charge in [-0.15, -0.1) is 0 Å². The van der Waals surface area contributed by atoms with Crippen LogP contribution in [0.2, 0.25) is 10.0 Å². The highest BCUT2D eigenvalue weighted by Gasteiger charge is 2.48. The molecule has 1 saturated carbocycles. The predicted octanol–water partition coefficient (Wildman–Crippen LogP) is 1.87. The standard InChI is InChI=1S/C15H16Cl2N2O4S/c16-8-3-9(17)5-11(4-8)19-15(21)13-6-12(13)14(20)18-10-1-2-24(22,23)7-10/h3-5,10,12-13H,1-2,6-7H2,(H,18,20)(H,19,21). The molecule has 6 nitrogen and oxygen atoms in total. The lowest BCUT2D eigenvalue weighted by atomic mass is 10.2. The van der Waals surface area contributed by atoms with Crippen LogP contribution in [0.1, 0.15) is 12.8 Å². The molecule has 1 aromatic rings. The zero-order valence-electron chi connectivity index (χ0n) is 12.6. The number of halogens is 2. The number of benzene rings is 1. The Bertz CT molecular complexity index is 776. The van der Waals surface area contributed by atoms with Gasteiger partial charge in [-0.2, -0.15) is 0 Å². The minimum atomic E-state index is -3.04. The van der Waals surface area contributed by atoms with Gasteiger partial charge in [-0.3, -0.25) is 9.59 Å². The molecule has 0 spiro atoms. The zero-order valence-corrected chi connectivity index (χ0v) is 14.9. The molecule has 3 unspecified atom stereocenters. The van der Waals surface area contributed by atoms with Gasteiger partial charge in [0.15, 0.2) is 9.84 Å². The maximum atomic E-state index is 12.2. The van der Waals surface area contributed by atoms with Crippen LogP contribution in [-0.2, 0) is 19.4 Å². The van der Waals surface area contributed by atoms with E-state index in [9.17, 15) is 18.0 Å². The van der Waals surface area contributed by atoms with Crippen LogP contribution in [0, 0.1) is 11.8 Å². The molecular formula is C15H16Cl2N2O4S. The van der Waals surface area contributed by atoms with Gasteiger partial charge in [0.2, 0.25) is 11.8 Å². The maximum Gasteiger partial charge on any atom is 0.228 e. The molecule has 3 rings (SSSR count). The smallest absolute Gasteiger partial charge is 0.228 e. The molecule has 2 N–H and O–H groups in total. The fraction of sp³-hybridized carbons (Fsp3) is 0.467. The summed E-state index contributed by atoms with van der Waals surface area (Å²) in [6, 6.07) is 4.36. The third-order valence-electron chi connectivity index (χ3n) is 4.17. The van der Waals surface area contributed by atoms with E-state index in [2.05, 4.69) is 10.6 Å². The minimum absolute atomic E-state index is 0.0245. The summed E-state index contributed by atoms with van der Waals surface area (Å²) in [7, 11) is -3.04. The van der Waals surface area contributed by atoms with Crippen LogP contribution in [-0.4, -0.2) is 37.8 Å². The summed E-state index contributed by atoms with van der Waals surface area (Å²) in [6.07, 6.45) is 0.879. The Hall–Kier alpha value is -1.31. The first kappa shape index (κ1) is 17.5. The third kappa shape index (κ3) is 4.20. The average Bonchev–Trinajstić information content (AvgIpc) is 3.17. The van der Waals surface area contributed by atoms with E-state index in [1.54, 1.807) is 18.2 Å². The second-order valence-corrected chi connectivity index (χ2v) is 9.31. The molecule has 130 valence electrons. The van der Waals surface area contributed by atoms with Crippen LogP contribution >= 0.6 is 23.2 Å². The van der Waals surface area contributed by atoms with E-state index in [-0.39, 0.29) is 29.4 Å².